The van der Waals surface area contributed by atoms with Crippen molar-refractivity contribution in [3.63, 3.8) is 0 Å². The fourth-order valence-corrected chi connectivity index (χ4v) is 7.72. The number of fused-ring (bicyclic) bond motifs is 1. The molecule has 1 aliphatic rings. The molecule has 4 aromatic rings. The summed E-state index contributed by atoms with van der Waals surface area (Å²) in [5, 5.41) is 9.30. The third-order valence-electron chi connectivity index (χ3n) is 9.31. The molecule has 1 aliphatic heterocycles. The number of aromatic nitrogens is 1. The summed E-state index contributed by atoms with van der Waals surface area (Å²) >= 11 is 0. The molecule has 4 N–H and O–H groups in total. The number of urea groups is 1. The first kappa shape index (κ1) is 41.7. The van der Waals surface area contributed by atoms with Crippen LogP contribution in [0.3, 0.4) is 0 Å². The Kier molecular flexibility index (Phi) is 14.1. The van der Waals surface area contributed by atoms with Gasteiger partial charge in [0.1, 0.15) is 24.3 Å². The molecule has 300 valence electrons. The molecule has 0 saturated carbocycles. The Bertz CT molecular complexity index is 2060. The molecule has 2 atom stereocenters. The average molecular weight is 789 g/mol. The normalized spacial score (nSPS) is 14.8. The van der Waals surface area contributed by atoms with Gasteiger partial charge in [0, 0.05) is 56.2 Å². The van der Waals surface area contributed by atoms with Crippen LogP contribution in [-0.4, -0.2) is 97.0 Å². The molecule has 5 rings (SSSR count). The Balaban J connectivity index is 1.23. The lowest BCUT2D eigenvalue weighted by atomic mass is 10.0. The van der Waals surface area contributed by atoms with Crippen LogP contribution < -0.4 is 16.0 Å². The average Bonchev–Trinajstić information content (AvgIpc) is 3.58. The van der Waals surface area contributed by atoms with Gasteiger partial charge in [-0.2, -0.15) is 4.31 Å². The zero-order valence-electron chi connectivity index (χ0n) is 32.4. The number of nitrogens with zero attached hydrogens (tertiary/aromatic N) is 2. The second-order valence-corrected chi connectivity index (χ2v) is 16.8. The summed E-state index contributed by atoms with van der Waals surface area (Å²) in [5.74, 6) is -1.20. The Morgan fingerprint density at radius 3 is 2.21 bits per heavy atom. The number of aryl methyl sites for hydroxylation is 1. The van der Waals surface area contributed by atoms with Gasteiger partial charge in [0.25, 0.3) is 0 Å². The number of benzene rings is 3. The highest BCUT2D eigenvalue weighted by atomic mass is 32.2. The highest BCUT2D eigenvalue weighted by Gasteiger charge is 2.34. The zero-order chi connectivity index (χ0) is 40.3. The highest BCUT2D eigenvalue weighted by molar-refractivity contribution is 7.89. The number of aromatic amines is 1. The summed E-state index contributed by atoms with van der Waals surface area (Å²) in [5.41, 5.74) is 2.64. The van der Waals surface area contributed by atoms with Crippen LogP contribution in [0, 0.1) is 6.92 Å². The summed E-state index contributed by atoms with van der Waals surface area (Å²) in [4.78, 5) is 58.3. The number of amides is 4. The predicted molar refractivity (Wildman–Crippen MR) is 212 cm³/mol. The molecule has 14 nitrogen and oxygen atoms in total. The van der Waals surface area contributed by atoms with Crippen LogP contribution in [0.15, 0.2) is 90.0 Å². The number of para-hydroxylation sites is 1. The van der Waals surface area contributed by atoms with Gasteiger partial charge >= 0.3 is 18.1 Å². The molecule has 0 spiro atoms. The fourth-order valence-electron chi connectivity index (χ4n) is 6.29. The third kappa shape index (κ3) is 11.8. The molecular formula is C41H52N6O8S. The van der Waals surface area contributed by atoms with E-state index in [9.17, 15) is 27.6 Å². The number of carbonyl (C=O) groups excluding carboxylic acids is 4. The quantitative estimate of drug-likeness (QED) is 0.0958. The molecule has 1 saturated heterocycles. The monoisotopic (exact) mass is 788 g/mol. The largest absolute Gasteiger partial charge is 0.458 e. The first-order chi connectivity index (χ1) is 26.7. The topological polar surface area (TPSA) is 179 Å². The maximum absolute atomic E-state index is 14.1. The van der Waals surface area contributed by atoms with E-state index in [0.717, 1.165) is 27.6 Å². The maximum Gasteiger partial charge on any atom is 0.407 e. The first-order valence-corrected chi connectivity index (χ1v) is 20.3. The van der Waals surface area contributed by atoms with Gasteiger partial charge in [0.05, 0.1) is 4.90 Å². The van der Waals surface area contributed by atoms with Gasteiger partial charge in [-0.3, -0.25) is 4.79 Å². The number of hydrogen-bond acceptors (Lipinski definition) is 8. The smallest absolute Gasteiger partial charge is 0.407 e. The second kappa shape index (κ2) is 19.0. The first-order valence-electron chi connectivity index (χ1n) is 18.8. The minimum absolute atomic E-state index is 0.0866. The van der Waals surface area contributed by atoms with E-state index in [1.54, 1.807) is 51.2 Å². The molecule has 56 heavy (non-hydrogen) atoms. The molecule has 0 bridgehead atoms. The van der Waals surface area contributed by atoms with Gasteiger partial charge in [-0.15, -0.1) is 0 Å². The number of hydrogen-bond donors (Lipinski definition) is 4. The number of unbranched alkanes of at least 4 members (excludes halogenated alkanes) is 1. The predicted octanol–water partition coefficient (Wildman–Crippen LogP) is 5.03. The number of rotatable bonds is 15. The van der Waals surface area contributed by atoms with Crippen molar-refractivity contribution in [3.05, 3.63) is 102 Å². The van der Waals surface area contributed by atoms with Gasteiger partial charge in [-0.25, -0.2) is 22.8 Å². The van der Waals surface area contributed by atoms with E-state index in [0.29, 0.717) is 19.4 Å². The van der Waals surface area contributed by atoms with E-state index < -0.39 is 51.7 Å². The van der Waals surface area contributed by atoms with Crippen molar-refractivity contribution in [2.75, 3.05) is 32.7 Å². The summed E-state index contributed by atoms with van der Waals surface area (Å²) in [6, 6.07) is 20.9. The SMILES string of the molecule is Cc1ccc(S(=O)(=O)N2CCN(C(=O)NC(Cc3c[nH]c4ccccc34)C(=O)NC(CCCCNC(=O)OCc3ccccc3)C(=O)OC(C)(C)C)CC2)cc1. The molecule has 0 radical (unpaired) electrons. The van der Waals surface area contributed by atoms with E-state index in [2.05, 4.69) is 20.9 Å². The van der Waals surface area contributed by atoms with Gasteiger partial charge in [0.2, 0.25) is 15.9 Å². The maximum atomic E-state index is 14.1. The molecule has 0 aliphatic carbocycles. The van der Waals surface area contributed by atoms with Crippen molar-refractivity contribution in [2.45, 2.75) is 82.6 Å². The van der Waals surface area contributed by atoms with E-state index in [4.69, 9.17) is 9.47 Å². The van der Waals surface area contributed by atoms with E-state index in [1.165, 1.54) is 9.21 Å². The van der Waals surface area contributed by atoms with Crippen molar-refractivity contribution in [2.24, 2.45) is 0 Å². The number of nitrogens with one attached hydrogen (secondary N) is 4. The van der Waals surface area contributed by atoms with Crippen LogP contribution >= 0.6 is 0 Å². The molecule has 15 heteroatoms. The molecule has 2 unspecified atom stereocenters. The van der Waals surface area contributed by atoms with Gasteiger partial charge in [-0.1, -0.05) is 66.2 Å². The third-order valence-corrected chi connectivity index (χ3v) is 11.2. The molecule has 4 amide bonds. The number of ether oxygens (including phenoxy) is 2. The van der Waals surface area contributed by atoms with Crippen LogP contribution in [0.4, 0.5) is 9.59 Å². The Labute approximate surface area is 328 Å². The van der Waals surface area contributed by atoms with Crippen molar-refractivity contribution in [3.8, 4) is 0 Å². The number of alkyl carbamates (subject to hydrolysis) is 1. The number of piperazine rings is 1. The van der Waals surface area contributed by atoms with Crippen LogP contribution in [0.2, 0.25) is 0 Å². The van der Waals surface area contributed by atoms with Crippen LogP contribution in [0.1, 0.15) is 56.7 Å². The number of carbonyl (C=O) groups is 4. The summed E-state index contributed by atoms with van der Waals surface area (Å²) < 4.78 is 38.8. The van der Waals surface area contributed by atoms with Crippen LogP contribution in [-0.2, 0) is 42.1 Å². The van der Waals surface area contributed by atoms with Crippen LogP contribution in [0.5, 0.6) is 0 Å². The highest BCUT2D eigenvalue weighted by Crippen LogP contribution is 2.21. The lowest BCUT2D eigenvalue weighted by Crippen LogP contribution is -2.58. The van der Waals surface area contributed by atoms with E-state index >= 15 is 0 Å². The minimum atomic E-state index is -3.75. The summed E-state index contributed by atoms with van der Waals surface area (Å²) in [6.45, 7) is 7.93. The fraction of sp³-hybridized carbons (Fsp3) is 0.415. The lowest BCUT2D eigenvalue weighted by Gasteiger charge is -2.35. The van der Waals surface area contributed by atoms with Crippen LogP contribution in [0.25, 0.3) is 10.9 Å². The van der Waals surface area contributed by atoms with Gasteiger partial charge < -0.3 is 35.3 Å². The van der Waals surface area contributed by atoms with Crippen molar-refractivity contribution >= 4 is 44.9 Å². The minimum Gasteiger partial charge on any atom is -0.458 e. The molecule has 1 aromatic heterocycles. The lowest BCUT2D eigenvalue weighted by molar-refractivity contribution is -0.159. The zero-order valence-corrected chi connectivity index (χ0v) is 33.2. The number of H-pyrrole nitrogens is 1. The Morgan fingerprint density at radius 2 is 1.52 bits per heavy atom. The summed E-state index contributed by atoms with van der Waals surface area (Å²) in [7, 11) is -3.75. The van der Waals surface area contributed by atoms with Gasteiger partial charge in [-0.05, 0) is 76.3 Å². The van der Waals surface area contributed by atoms with E-state index in [-0.39, 0.29) is 50.5 Å². The van der Waals surface area contributed by atoms with Crippen molar-refractivity contribution in [1.29, 1.82) is 0 Å². The molecule has 2 heterocycles. The van der Waals surface area contributed by atoms with E-state index in [1.807, 2.05) is 61.5 Å². The second-order valence-electron chi connectivity index (χ2n) is 14.8. The number of sulfonamides is 1. The Morgan fingerprint density at radius 1 is 0.839 bits per heavy atom. The summed E-state index contributed by atoms with van der Waals surface area (Å²) in [6.07, 6.45) is 2.51. The standard InChI is InChI=1S/C41H52N6O8S/c1-29-17-19-32(20-18-29)56(52,53)47-24-22-46(23-25-47)39(50)45-36(26-31-27-43-34-15-9-8-14-33(31)34)37(48)44-35(38(49)55-41(2,3)4)16-10-11-21-42-40(51)54-28-30-12-6-5-7-13-30/h5-9,12-15,17-20,27,35-36,43H,10-11,16,21-26,28H2,1-4H3,(H,42,51)(H,44,48)(H,45,50). The molecular weight excluding hydrogens is 737 g/mol. The van der Waals surface area contributed by atoms with Crippen molar-refractivity contribution < 1.29 is 37.1 Å². The molecule has 1 fully saturated rings. The van der Waals surface area contributed by atoms with Gasteiger partial charge in [0.15, 0.2) is 0 Å². The number of esters is 1. The Hall–Kier alpha value is -5.41. The molecule has 3 aromatic carbocycles. The van der Waals surface area contributed by atoms with Crippen molar-refractivity contribution in [1.82, 2.24) is 30.1 Å².